The van der Waals surface area contributed by atoms with Crippen molar-refractivity contribution in [3.05, 3.63) is 42.1 Å². The van der Waals surface area contributed by atoms with E-state index >= 15 is 0 Å². The van der Waals surface area contributed by atoms with Crippen molar-refractivity contribution < 1.29 is 9.21 Å². The minimum absolute atomic E-state index is 0.139. The highest BCUT2D eigenvalue weighted by Crippen LogP contribution is 2.10. The molecule has 0 fully saturated rings. The summed E-state index contributed by atoms with van der Waals surface area (Å²) in [6.45, 7) is 4.73. The van der Waals surface area contributed by atoms with Crippen molar-refractivity contribution in [2.75, 3.05) is 0 Å². The molecule has 2 heterocycles. The summed E-state index contributed by atoms with van der Waals surface area (Å²) < 4.78 is 6.85. The third-order valence-electron chi connectivity index (χ3n) is 2.52. The van der Waals surface area contributed by atoms with Crippen molar-refractivity contribution in [2.45, 2.75) is 26.4 Å². The largest absolute Gasteiger partial charge is 0.459 e. The van der Waals surface area contributed by atoms with Gasteiger partial charge >= 0.3 is 0 Å². The SMILES string of the molecule is CCn1ccc(C(C)NC(=O)c2ccco2)n1. The van der Waals surface area contributed by atoms with E-state index in [1.807, 2.05) is 30.8 Å². The topological polar surface area (TPSA) is 60.1 Å². The molecule has 1 atom stereocenters. The van der Waals surface area contributed by atoms with Gasteiger partial charge in [-0.25, -0.2) is 0 Å². The average molecular weight is 233 g/mol. The van der Waals surface area contributed by atoms with Crippen molar-refractivity contribution in [3.63, 3.8) is 0 Å². The van der Waals surface area contributed by atoms with Gasteiger partial charge in [0, 0.05) is 12.7 Å². The first kappa shape index (κ1) is 11.4. The molecule has 17 heavy (non-hydrogen) atoms. The molecular weight excluding hydrogens is 218 g/mol. The van der Waals surface area contributed by atoms with Crippen LogP contribution in [0.15, 0.2) is 35.1 Å². The van der Waals surface area contributed by atoms with Crippen molar-refractivity contribution in [3.8, 4) is 0 Å². The second-order valence-electron chi connectivity index (χ2n) is 3.77. The summed E-state index contributed by atoms with van der Waals surface area (Å²) in [6, 6.07) is 5.08. The molecule has 2 aromatic rings. The summed E-state index contributed by atoms with van der Waals surface area (Å²) in [5, 5.41) is 7.16. The Hall–Kier alpha value is -2.04. The van der Waals surface area contributed by atoms with E-state index in [1.54, 1.807) is 12.1 Å². The van der Waals surface area contributed by atoms with Crippen LogP contribution in [0.4, 0.5) is 0 Å². The van der Waals surface area contributed by atoms with Crippen LogP contribution in [-0.4, -0.2) is 15.7 Å². The van der Waals surface area contributed by atoms with Gasteiger partial charge in [-0.15, -0.1) is 0 Å². The zero-order valence-electron chi connectivity index (χ0n) is 9.88. The van der Waals surface area contributed by atoms with Gasteiger partial charge in [-0.2, -0.15) is 5.10 Å². The van der Waals surface area contributed by atoms with Crippen LogP contribution in [0.2, 0.25) is 0 Å². The van der Waals surface area contributed by atoms with Crippen LogP contribution in [-0.2, 0) is 6.54 Å². The Morgan fingerprint density at radius 2 is 2.41 bits per heavy atom. The Bertz CT molecular complexity index is 488. The van der Waals surface area contributed by atoms with Crippen LogP contribution in [0.3, 0.4) is 0 Å². The summed E-state index contributed by atoms with van der Waals surface area (Å²) in [7, 11) is 0. The number of nitrogens with one attached hydrogen (secondary N) is 1. The lowest BCUT2D eigenvalue weighted by Crippen LogP contribution is -2.26. The Morgan fingerprint density at radius 1 is 1.59 bits per heavy atom. The van der Waals surface area contributed by atoms with E-state index in [0.717, 1.165) is 12.2 Å². The number of aryl methyl sites for hydroxylation is 1. The summed E-state index contributed by atoms with van der Waals surface area (Å²) >= 11 is 0. The van der Waals surface area contributed by atoms with E-state index in [9.17, 15) is 4.79 Å². The van der Waals surface area contributed by atoms with Crippen LogP contribution in [0, 0.1) is 0 Å². The third-order valence-corrected chi connectivity index (χ3v) is 2.52. The Morgan fingerprint density at radius 3 is 3.00 bits per heavy atom. The molecule has 0 saturated carbocycles. The first-order valence-electron chi connectivity index (χ1n) is 5.58. The summed E-state index contributed by atoms with van der Waals surface area (Å²) in [5.41, 5.74) is 0.840. The summed E-state index contributed by atoms with van der Waals surface area (Å²) in [6.07, 6.45) is 3.37. The Balaban J connectivity index is 2.01. The molecule has 0 spiro atoms. The van der Waals surface area contributed by atoms with Gasteiger partial charge in [0.15, 0.2) is 5.76 Å². The predicted molar refractivity (Wildman–Crippen MR) is 62.5 cm³/mol. The molecule has 0 aliphatic heterocycles. The lowest BCUT2D eigenvalue weighted by atomic mass is 10.2. The fourth-order valence-corrected chi connectivity index (χ4v) is 1.53. The molecule has 0 saturated heterocycles. The lowest BCUT2D eigenvalue weighted by molar-refractivity contribution is 0.0911. The van der Waals surface area contributed by atoms with E-state index in [1.165, 1.54) is 6.26 Å². The number of aromatic nitrogens is 2. The molecule has 0 aromatic carbocycles. The molecule has 0 aliphatic rings. The lowest BCUT2D eigenvalue weighted by Gasteiger charge is -2.09. The number of nitrogens with zero attached hydrogens (tertiary/aromatic N) is 2. The summed E-state index contributed by atoms with van der Waals surface area (Å²) in [4.78, 5) is 11.7. The third kappa shape index (κ3) is 2.55. The number of rotatable bonds is 4. The number of amides is 1. The van der Waals surface area contributed by atoms with Gasteiger partial charge in [0.25, 0.3) is 5.91 Å². The normalized spacial score (nSPS) is 12.4. The zero-order valence-corrected chi connectivity index (χ0v) is 9.88. The Labute approximate surface area is 99.4 Å². The number of carbonyl (C=O) groups is 1. The fraction of sp³-hybridized carbons (Fsp3) is 0.333. The maximum absolute atomic E-state index is 11.7. The zero-order chi connectivity index (χ0) is 12.3. The number of furan rings is 1. The van der Waals surface area contributed by atoms with Crippen LogP contribution in [0.1, 0.15) is 36.1 Å². The molecule has 2 aromatic heterocycles. The van der Waals surface area contributed by atoms with E-state index in [0.29, 0.717) is 5.76 Å². The second kappa shape index (κ2) is 4.86. The first-order valence-corrected chi connectivity index (χ1v) is 5.58. The van der Waals surface area contributed by atoms with Crippen LogP contribution < -0.4 is 5.32 Å². The number of hydrogen-bond acceptors (Lipinski definition) is 3. The van der Waals surface area contributed by atoms with Crippen molar-refractivity contribution in [2.24, 2.45) is 0 Å². The van der Waals surface area contributed by atoms with Crippen molar-refractivity contribution >= 4 is 5.91 Å². The smallest absolute Gasteiger partial charge is 0.287 e. The van der Waals surface area contributed by atoms with Gasteiger partial charge in [0.2, 0.25) is 0 Å². The fourth-order valence-electron chi connectivity index (χ4n) is 1.53. The molecule has 2 rings (SSSR count). The van der Waals surface area contributed by atoms with Crippen LogP contribution in [0.25, 0.3) is 0 Å². The minimum atomic E-state index is -0.228. The molecule has 5 nitrogen and oxygen atoms in total. The van der Waals surface area contributed by atoms with E-state index in [4.69, 9.17) is 4.42 Å². The molecule has 0 radical (unpaired) electrons. The maximum Gasteiger partial charge on any atom is 0.287 e. The standard InChI is InChI=1S/C12H15N3O2/c1-3-15-7-6-10(14-15)9(2)13-12(16)11-5-4-8-17-11/h4-9H,3H2,1-2H3,(H,13,16). The monoisotopic (exact) mass is 233 g/mol. The highest BCUT2D eigenvalue weighted by atomic mass is 16.3. The van der Waals surface area contributed by atoms with Crippen LogP contribution in [0.5, 0.6) is 0 Å². The van der Waals surface area contributed by atoms with Gasteiger partial charge in [-0.3, -0.25) is 9.48 Å². The summed E-state index contributed by atoms with van der Waals surface area (Å²) in [5.74, 6) is 0.0836. The molecule has 1 amide bonds. The maximum atomic E-state index is 11.7. The average Bonchev–Trinajstić information content (AvgIpc) is 3.00. The van der Waals surface area contributed by atoms with Crippen molar-refractivity contribution in [1.82, 2.24) is 15.1 Å². The first-order chi connectivity index (χ1) is 8.20. The molecule has 0 bridgehead atoms. The highest BCUT2D eigenvalue weighted by molar-refractivity contribution is 5.91. The van der Waals surface area contributed by atoms with Gasteiger partial charge in [-0.05, 0) is 32.0 Å². The molecule has 0 aliphatic carbocycles. The second-order valence-corrected chi connectivity index (χ2v) is 3.77. The van der Waals surface area contributed by atoms with Gasteiger partial charge < -0.3 is 9.73 Å². The van der Waals surface area contributed by atoms with E-state index < -0.39 is 0 Å². The van der Waals surface area contributed by atoms with Crippen LogP contribution >= 0.6 is 0 Å². The predicted octanol–water partition coefficient (Wildman–Crippen LogP) is 1.99. The molecule has 1 N–H and O–H groups in total. The van der Waals surface area contributed by atoms with E-state index in [2.05, 4.69) is 10.4 Å². The molecule has 5 heteroatoms. The number of carbonyl (C=O) groups excluding carboxylic acids is 1. The number of hydrogen-bond donors (Lipinski definition) is 1. The minimum Gasteiger partial charge on any atom is -0.459 e. The highest BCUT2D eigenvalue weighted by Gasteiger charge is 2.14. The quantitative estimate of drug-likeness (QED) is 0.878. The molecule has 1 unspecified atom stereocenters. The van der Waals surface area contributed by atoms with Gasteiger partial charge in [0.05, 0.1) is 18.0 Å². The van der Waals surface area contributed by atoms with Crippen molar-refractivity contribution in [1.29, 1.82) is 0 Å². The Kier molecular flexibility index (Phi) is 3.27. The molecular formula is C12H15N3O2. The van der Waals surface area contributed by atoms with Gasteiger partial charge in [0.1, 0.15) is 0 Å². The van der Waals surface area contributed by atoms with E-state index in [-0.39, 0.29) is 11.9 Å². The molecule has 90 valence electrons. The van der Waals surface area contributed by atoms with Gasteiger partial charge in [-0.1, -0.05) is 0 Å².